The second-order valence-electron chi connectivity index (χ2n) is 6.07. The number of rotatable bonds is 6. The highest BCUT2D eigenvalue weighted by molar-refractivity contribution is 7.89. The number of nitrogens with zero attached hydrogens (tertiary/aromatic N) is 2. The Hall–Kier alpha value is -2.24. The predicted molar refractivity (Wildman–Crippen MR) is 97.9 cm³/mol. The van der Waals surface area contributed by atoms with Crippen molar-refractivity contribution in [2.75, 3.05) is 32.8 Å². The largest absolute Gasteiger partial charge is 0.379 e. The summed E-state index contributed by atoms with van der Waals surface area (Å²) in [6.07, 6.45) is 0. The Labute approximate surface area is 154 Å². The Morgan fingerprint density at radius 1 is 1.12 bits per heavy atom. The molecule has 0 aromatic heterocycles. The third-order valence-electron chi connectivity index (χ3n) is 4.41. The van der Waals surface area contributed by atoms with Crippen LogP contribution in [-0.4, -0.2) is 46.2 Å². The van der Waals surface area contributed by atoms with Crippen molar-refractivity contribution in [2.24, 2.45) is 0 Å². The van der Waals surface area contributed by atoms with Gasteiger partial charge in [-0.3, -0.25) is 4.90 Å². The molecule has 0 spiro atoms. The lowest BCUT2D eigenvalue weighted by molar-refractivity contribution is 0.0172. The molecule has 0 amide bonds. The monoisotopic (exact) mass is 371 g/mol. The van der Waals surface area contributed by atoms with Gasteiger partial charge in [-0.1, -0.05) is 36.4 Å². The molecule has 6 nitrogen and oxygen atoms in total. The summed E-state index contributed by atoms with van der Waals surface area (Å²) in [4.78, 5) is 2.33. The van der Waals surface area contributed by atoms with Crippen molar-refractivity contribution in [2.45, 2.75) is 10.9 Å². The maximum Gasteiger partial charge on any atom is 0.240 e. The van der Waals surface area contributed by atoms with Crippen molar-refractivity contribution in [3.63, 3.8) is 0 Å². The van der Waals surface area contributed by atoms with Crippen LogP contribution in [0.1, 0.15) is 17.2 Å². The molecular weight excluding hydrogens is 350 g/mol. The molecule has 0 saturated carbocycles. The van der Waals surface area contributed by atoms with Crippen LogP contribution in [0.4, 0.5) is 0 Å². The summed E-state index contributed by atoms with van der Waals surface area (Å²) in [6.45, 7) is 3.04. The lowest BCUT2D eigenvalue weighted by Crippen LogP contribution is -2.43. The van der Waals surface area contributed by atoms with E-state index in [-0.39, 0.29) is 17.5 Å². The molecule has 26 heavy (non-hydrogen) atoms. The minimum absolute atomic E-state index is 0.0750. The van der Waals surface area contributed by atoms with Crippen LogP contribution in [0.15, 0.2) is 59.5 Å². The first-order valence-corrected chi connectivity index (χ1v) is 9.95. The molecule has 3 rings (SSSR count). The Bertz CT molecular complexity index is 872. The fraction of sp³-hybridized carbons (Fsp3) is 0.316. The van der Waals surface area contributed by atoms with Gasteiger partial charge in [0.1, 0.15) is 0 Å². The molecule has 0 bridgehead atoms. The summed E-state index contributed by atoms with van der Waals surface area (Å²) in [6, 6.07) is 17.8. The summed E-state index contributed by atoms with van der Waals surface area (Å²) >= 11 is 0. The molecule has 1 N–H and O–H groups in total. The second kappa shape index (κ2) is 8.43. The van der Waals surface area contributed by atoms with Gasteiger partial charge < -0.3 is 4.74 Å². The zero-order valence-corrected chi connectivity index (χ0v) is 15.2. The van der Waals surface area contributed by atoms with E-state index in [0.29, 0.717) is 18.8 Å². The van der Waals surface area contributed by atoms with Gasteiger partial charge in [-0.05, 0) is 23.8 Å². The molecule has 1 aliphatic rings. The second-order valence-corrected chi connectivity index (χ2v) is 7.83. The van der Waals surface area contributed by atoms with E-state index in [2.05, 4.69) is 9.62 Å². The van der Waals surface area contributed by atoms with E-state index in [1.807, 2.05) is 36.4 Å². The molecule has 2 aromatic carbocycles. The van der Waals surface area contributed by atoms with Crippen molar-refractivity contribution < 1.29 is 13.2 Å². The molecule has 0 radical (unpaired) electrons. The van der Waals surface area contributed by atoms with Gasteiger partial charge in [0, 0.05) is 25.7 Å². The number of hydrogen-bond acceptors (Lipinski definition) is 5. The molecule has 1 fully saturated rings. The zero-order valence-electron chi connectivity index (χ0n) is 14.3. The van der Waals surface area contributed by atoms with Gasteiger partial charge in [-0.2, -0.15) is 5.26 Å². The van der Waals surface area contributed by atoms with E-state index in [0.717, 1.165) is 18.7 Å². The number of nitrogens with one attached hydrogen (secondary N) is 1. The first-order valence-electron chi connectivity index (χ1n) is 8.47. The van der Waals surface area contributed by atoms with Gasteiger partial charge in [0.15, 0.2) is 0 Å². The minimum atomic E-state index is -3.69. The fourth-order valence-corrected chi connectivity index (χ4v) is 4.11. The molecule has 1 unspecified atom stereocenters. The van der Waals surface area contributed by atoms with Crippen molar-refractivity contribution in [3.8, 4) is 6.07 Å². The average molecular weight is 371 g/mol. The van der Waals surface area contributed by atoms with Gasteiger partial charge in [0.2, 0.25) is 10.0 Å². The SMILES string of the molecule is N#Cc1cccc(S(=O)(=O)NCC(c2ccccc2)N2CCOCC2)c1. The van der Waals surface area contributed by atoms with E-state index in [1.54, 1.807) is 12.1 Å². The van der Waals surface area contributed by atoms with Crippen molar-refractivity contribution >= 4 is 10.0 Å². The molecule has 0 aliphatic carbocycles. The van der Waals surface area contributed by atoms with E-state index >= 15 is 0 Å². The molecule has 7 heteroatoms. The van der Waals surface area contributed by atoms with Crippen LogP contribution in [-0.2, 0) is 14.8 Å². The van der Waals surface area contributed by atoms with E-state index in [4.69, 9.17) is 10.00 Å². The maximum absolute atomic E-state index is 12.7. The highest BCUT2D eigenvalue weighted by Gasteiger charge is 2.25. The zero-order chi connectivity index (χ0) is 18.4. The Balaban J connectivity index is 1.79. The van der Waals surface area contributed by atoms with Gasteiger partial charge in [0.25, 0.3) is 0 Å². The molecule has 1 aliphatic heterocycles. The number of sulfonamides is 1. The first kappa shape index (κ1) is 18.5. The summed E-state index contributed by atoms with van der Waals surface area (Å²) in [5, 5.41) is 8.98. The van der Waals surface area contributed by atoms with Crippen molar-refractivity contribution in [1.29, 1.82) is 5.26 Å². The molecular formula is C19H21N3O3S. The quantitative estimate of drug-likeness (QED) is 0.839. The maximum atomic E-state index is 12.7. The molecule has 1 saturated heterocycles. The summed E-state index contributed by atoms with van der Waals surface area (Å²) in [7, 11) is -3.69. The van der Waals surface area contributed by atoms with Crippen LogP contribution in [0.3, 0.4) is 0 Å². The fourth-order valence-electron chi connectivity index (χ4n) is 3.03. The van der Waals surface area contributed by atoms with E-state index in [9.17, 15) is 8.42 Å². The normalized spacial score (nSPS) is 16.7. The van der Waals surface area contributed by atoms with Crippen LogP contribution in [0.25, 0.3) is 0 Å². The smallest absolute Gasteiger partial charge is 0.240 e. The number of morpholine rings is 1. The summed E-state index contributed by atoms with van der Waals surface area (Å²) in [5.41, 5.74) is 1.38. The number of nitriles is 1. The van der Waals surface area contributed by atoms with Gasteiger partial charge >= 0.3 is 0 Å². The highest BCUT2D eigenvalue weighted by Crippen LogP contribution is 2.22. The summed E-state index contributed by atoms with van der Waals surface area (Å²) in [5.74, 6) is 0. The molecule has 1 atom stereocenters. The number of ether oxygens (including phenoxy) is 1. The minimum Gasteiger partial charge on any atom is -0.379 e. The Morgan fingerprint density at radius 3 is 2.54 bits per heavy atom. The number of hydrogen-bond donors (Lipinski definition) is 1. The van der Waals surface area contributed by atoms with Gasteiger partial charge in [0.05, 0.1) is 29.7 Å². The van der Waals surface area contributed by atoms with Crippen LogP contribution in [0, 0.1) is 11.3 Å². The first-order chi connectivity index (χ1) is 12.6. The van der Waals surface area contributed by atoms with Crippen molar-refractivity contribution in [1.82, 2.24) is 9.62 Å². The Morgan fingerprint density at radius 2 is 1.85 bits per heavy atom. The van der Waals surface area contributed by atoms with Crippen LogP contribution >= 0.6 is 0 Å². The van der Waals surface area contributed by atoms with Crippen LogP contribution < -0.4 is 4.72 Å². The summed E-state index contributed by atoms with van der Waals surface area (Å²) < 4.78 is 33.4. The van der Waals surface area contributed by atoms with Crippen LogP contribution in [0.2, 0.25) is 0 Å². The molecule has 1 heterocycles. The van der Waals surface area contributed by atoms with Gasteiger partial charge in [-0.25, -0.2) is 13.1 Å². The van der Waals surface area contributed by atoms with Gasteiger partial charge in [-0.15, -0.1) is 0 Å². The van der Waals surface area contributed by atoms with E-state index in [1.165, 1.54) is 12.1 Å². The van der Waals surface area contributed by atoms with E-state index < -0.39 is 10.0 Å². The third-order valence-corrected chi connectivity index (χ3v) is 5.83. The van der Waals surface area contributed by atoms with Crippen LogP contribution in [0.5, 0.6) is 0 Å². The lowest BCUT2D eigenvalue weighted by Gasteiger charge is -2.34. The molecule has 2 aromatic rings. The predicted octanol–water partition coefficient (Wildman–Crippen LogP) is 1.91. The lowest BCUT2D eigenvalue weighted by atomic mass is 10.1. The highest BCUT2D eigenvalue weighted by atomic mass is 32.2. The average Bonchev–Trinajstić information content (AvgIpc) is 2.70. The Kier molecular flexibility index (Phi) is 6.01. The number of benzene rings is 2. The molecule has 136 valence electrons. The standard InChI is InChI=1S/C19H21N3O3S/c20-14-16-5-4-8-18(13-16)26(23,24)21-15-19(17-6-2-1-3-7-17)22-9-11-25-12-10-22/h1-8,13,19,21H,9-12,15H2. The van der Waals surface area contributed by atoms with Crippen molar-refractivity contribution in [3.05, 3.63) is 65.7 Å². The topological polar surface area (TPSA) is 82.4 Å². The third kappa shape index (κ3) is 4.48.